The summed E-state index contributed by atoms with van der Waals surface area (Å²) in [5, 5.41) is 10.5. The van der Waals surface area contributed by atoms with Crippen molar-refractivity contribution in [2.24, 2.45) is 0 Å². The minimum absolute atomic E-state index is 0.836. The molecule has 0 fully saturated rings. The second-order valence-electron chi connectivity index (χ2n) is 3.65. The highest BCUT2D eigenvalue weighted by molar-refractivity contribution is 5.68. The van der Waals surface area contributed by atoms with Crippen molar-refractivity contribution in [2.45, 2.75) is 0 Å². The van der Waals surface area contributed by atoms with E-state index in [1.165, 1.54) is 0 Å². The van der Waals surface area contributed by atoms with E-state index in [1.807, 2.05) is 36.4 Å². The van der Waals surface area contributed by atoms with E-state index < -0.39 is 0 Å². The van der Waals surface area contributed by atoms with E-state index in [1.54, 1.807) is 12.4 Å². The summed E-state index contributed by atoms with van der Waals surface area (Å²) in [6, 6.07) is 14.0. The van der Waals surface area contributed by atoms with Crippen LogP contribution >= 0.6 is 0 Å². The van der Waals surface area contributed by atoms with Crippen LogP contribution in [0.2, 0.25) is 0 Å². The van der Waals surface area contributed by atoms with Gasteiger partial charge in [-0.15, -0.1) is 0 Å². The lowest BCUT2D eigenvalue weighted by atomic mass is 10.1. The van der Waals surface area contributed by atoms with E-state index in [2.05, 4.69) is 26.5 Å². The summed E-state index contributed by atoms with van der Waals surface area (Å²) in [7, 11) is 0. The van der Waals surface area contributed by atoms with Crippen LogP contribution in [0.4, 0.5) is 0 Å². The van der Waals surface area contributed by atoms with Crippen molar-refractivity contribution in [1.82, 2.24) is 20.4 Å². The Morgan fingerprint density at radius 2 is 1.76 bits per heavy atom. The maximum Gasteiger partial charge on any atom is 0.112 e. The number of benzene rings is 1. The van der Waals surface area contributed by atoms with Crippen molar-refractivity contribution in [1.29, 1.82) is 0 Å². The van der Waals surface area contributed by atoms with Crippen molar-refractivity contribution < 1.29 is 0 Å². The molecule has 4 heteroatoms. The zero-order valence-corrected chi connectivity index (χ0v) is 9.04. The van der Waals surface area contributed by atoms with Crippen LogP contribution < -0.4 is 0 Å². The molecular formula is C13H10N4. The molecule has 4 nitrogen and oxygen atoms in total. The average Bonchev–Trinajstić information content (AvgIpc) is 2.94. The van der Waals surface area contributed by atoms with Crippen LogP contribution in [0.15, 0.2) is 54.9 Å². The van der Waals surface area contributed by atoms with Gasteiger partial charge in [0, 0.05) is 17.3 Å². The molecule has 0 spiro atoms. The normalized spacial score (nSPS) is 10.4. The SMILES string of the molecule is c1ccc(-c2cccc(-c3cn[nH]n3)c2)nc1. The van der Waals surface area contributed by atoms with Gasteiger partial charge in [-0.3, -0.25) is 4.98 Å². The lowest BCUT2D eigenvalue weighted by molar-refractivity contribution is 0.942. The lowest BCUT2D eigenvalue weighted by Gasteiger charge is -2.02. The molecule has 0 aliphatic carbocycles. The average molecular weight is 222 g/mol. The van der Waals surface area contributed by atoms with Gasteiger partial charge in [-0.1, -0.05) is 24.3 Å². The van der Waals surface area contributed by atoms with Gasteiger partial charge in [-0.2, -0.15) is 15.4 Å². The number of nitrogens with zero attached hydrogens (tertiary/aromatic N) is 3. The largest absolute Gasteiger partial charge is 0.256 e. The summed E-state index contributed by atoms with van der Waals surface area (Å²) in [5.41, 5.74) is 3.90. The lowest BCUT2D eigenvalue weighted by Crippen LogP contribution is -1.84. The van der Waals surface area contributed by atoms with Gasteiger partial charge in [0.25, 0.3) is 0 Å². The number of aromatic amines is 1. The molecule has 1 aromatic carbocycles. The molecule has 2 heterocycles. The summed E-state index contributed by atoms with van der Waals surface area (Å²) in [4.78, 5) is 4.33. The van der Waals surface area contributed by atoms with Crippen LogP contribution in [0.3, 0.4) is 0 Å². The van der Waals surface area contributed by atoms with Crippen LogP contribution in [-0.4, -0.2) is 20.4 Å². The van der Waals surface area contributed by atoms with Gasteiger partial charge in [-0.05, 0) is 18.2 Å². The second kappa shape index (κ2) is 4.17. The van der Waals surface area contributed by atoms with E-state index in [9.17, 15) is 0 Å². The van der Waals surface area contributed by atoms with Crippen LogP contribution in [0, 0.1) is 0 Å². The Hall–Kier alpha value is -2.49. The van der Waals surface area contributed by atoms with Gasteiger partial charge in [-0.25, -0.2) is 0 Å². The van der Waals surface area contributed by atoms with Crippen LogP contribution in [-0.2, 0) is 0 Å². The first-order valence-electron chi connectivity index (χ1n) is 5.31. The van der Waals surface area contributed by atoms with Gasteiger partial charge in [0.1, 0.15) is 5.69 Å². The third-order valence-electron chi connectivity index (χ3n) is 2.53. The minimum Gasteiger partial charge on any atom is -0.256 e. The molecule has 0 aliphatic heterocycles. The van der Waals surface area contributed by atoms with E-state index >= 15 is 0 Å². The number of aromatic nitrogens is 4. The monoisotopic (exact) mass is 222 g/mol. The molecule has 0 aliphatic rings. The van der Waals surface area contributed by atoms with Crippen molar-refractivity contribution in [3.63, 3.8) is 0 Å². The summed E-state index contributed by atoms with van der Waals surface area (Å²) in [6.07, 6.45) is 3.50. The number of H-pyrrole nitrogens is 1. The first-order valence-corrected chi connectivity index (χ1v) is 5.31. The molecule has 82 valence electrons. The fourth-order valence-electron chi connectivity index (χ4n) is 1.71. The van der Waals surface area contributed by atoms with E-state index in [0.717, 1.165) is 22.5 Å². The van der Waals surface area contributed by atoms with Crippen molar-refractivity contribution >= 4 is 0 Å². The maximum absolute atomic E-state index is 4.33. The molecule has 0 atom stereocenters. The first kappa shape index (κ1) is 9.72. The number of hydrogen-bond acceptors (Lipinski definition) is 3. The summed E-state index contributed by atoms with van der Waals surface area (Å²) in [6.45, 7) is 0. The smallest absolute Gasteiger partial charge is 0.112 e. The van der Waals surface area contributed by atoms with Gasteiger partial charge in [0.15, 0.2) is 0 Å². The van der Waals surface area contributed by atoms with E-state index in [0.29, 0.717) is 0 Å². The number of rotatable bonds is 2. The highest BCUT2D eigenvalue weighted by Crippen LogP contribution is 2.22. The van der Waals surface area contributed by atoms with Gasteiger partial charge in [0.2, 0.25) is 0 Å². The molecule has 0 bridgehead atoms. The molecule has 0 unspecified atom stereocenters. The molecule has 17 heavy (non-hydrogen) atoms. The van der Waals surface area contributed by atoms with Crippen molar-refractivity contribution in [3.05, 3.63) is 54.9 Å². The van der Waals surface area contributed by atoms with Crippen LogP contribution in [0.5, 0.6) is 0 Å². The Kier molecular flexibility index (Phi) is 2.38. The third kappa shape index (κ3) is 1.92. The van der Waals surface area contributed by atoms with Gasteiger partial charge < -0.3 is 0 Å². The Labute approximate surface area is 98.4 Å². The van der Waals surface area contributed by atoms with E-state index in [-0.39, 0.29) is 0 Å². The summed E-state index contributed by atoms with van der Waals surface area (Å²) < 4.78 is 0. The standard InChI is InChI=1S/C13H10N4/c1-2-7-14-12(6-1)10-4-3-5-11(8-10)13-9-15-17-16-13/h1-9H,(H,15,16,17). The molecule has 0 amide bonds. The Bertz CT molecular complexity index is 602. The Morgan fingerprint density at radius 1 is 0.882 bits per heavy atom. The summed E-state index contributed by atoms with van der Waals surface area (Å²) in [5.74, 6) is 0. The zero-order chi connectivity index (χ0) is 11.5. The highest BCUT2D eigenvalue weighted by atomic mass is 15.3. The molecule has 2 aromatic heterocycles. The van der Waals surface area contributed by atoms with Crippen LogP contribution in [0.25, 0.3) is 22.5 Å². The predicted molar refractivity (Wildman–Crippen MR) is 65.0 cm³/mol. The molecule has 0 saturated heterocycles. The molecule has 0 saturated carbocycles. The zero-order valence-electron chi connectivity index (χ0n) is 9.04. The summed E-state index contributed by atoms with van der Waals surface area (Å²) >= 11 is 0. The number of pyridine rings is 1. The highest BCUT2D eigenvalue weighted by Gasteiger charge is 2.03. The first-order chi connectivity index (χ1) is 8.43. The quantitative estimate of drug-likeness (QED) is 0.724. The topological polar surface area (TPSA) is 54.5 Å². The van der Waals surface area contributed by atoms with Gasteiger partial charge in [0.05, 0.1) is 11.9 Å². The Morgan fingerprint density at radius 3 is 2.47 bits per heavy atom. The minimum atomic E-state index is 0.836. The fourth-order valence-corrected chi connectivity index (χ4v) is 1.71. The van der Waals surface area contributed by atoms with Gasteiger partial charge >= 0.3 is 0 Å². The number of nitrogens with one attached hydrogen (secondary N) is 1. The molecule has 1 N–H and O–H groups in total. The van der Waals surface area contributed by atoms with Crippen LogP contribution in [0.1, 0.15) is 0 Å². The molecule has 3 aromatic rings. The van der Waals surface area contributed by atoms with Crippen molar-refractivity contribution in [2.75, 3.05) is 0 Å². The molecule has 0 radical (unpaired) electrons. The molecule has 3 rings (SSSR count). The second-order valence-corrected chi connectivity index (χ2v) is 3.65. The molecular weight excluding hydrogens is 212 g/mol. The van der Waals surface area contributed by atoms with Crippen molar-refractivity contribution in [3.8, 4) is 22.5 Å². The predicted octanol–water partition coefficient (Wildman–Crippen LogP) is 2.53. The van der Waals surface area contributed by atoms with E-state index in [4.69, 9.17) is 0 Å². The Balaban J connectivity index is 2.06. The maximum atomic E-state index is 4.33. The third-order valence-corrected chi connectivity index (χ3v) is 2.53. The number of hydrogen-bond donors (Lipinski definition) is 1. The fraction of sp³-hybridized carbons (Fsp3) is 0.